The van der Waals surface area contributed by atoms with Crippen LogP contribution in [0.5, 0.6) is 11.5 Å². The average Bonchev–Trinajstić information content (AvgIpc) is 3.41. The first-order chi connectivity index (χ1) is 11.9. The molecular formula is C17H21BN2O5. The second-order valence-electron chi connectivity index (χ2n) is 7.97. The Morgan fingerprint density at radius 2 is 2.20 bits per heavy atom. The van der Waals surface area contributed by atoms with Crippen molar-refractivity contribution in [3.05, 3.63) is 23.3 Å². The predicted octanol–water partition coefficient (Wildman–Crippen LogP) is 0.669. The molecule has 0 spiro atoms. The maximum absolute atomic E-state index is 11.8. The maximum atomic E-state index is 11.8. The number of likely N-dealkylation sites (tertiary alicyclic amines) is 1. The second-order valence-corrected chi connectivity index (χ2v) is 7.97. The molecule has 0 amide bonds. The van der Waals surface area contributed by atoms with Crippen LogP contribution in [0.25, 0.3) is 0 Å². The minimum atomic E-state index is -1.09. The van der Waals surface area contributed by atoms with E-state index in [0.29, 0.717) is 5.75 Å². The van der Waals surface area contributed by atoms with Gasteiger partial charge in [-0.1, -0.05) is 6.07 Å². The third kappa shape index (κ3) is 2.59. The Bertz CT molecular complexity index is 747. The molecule has 2 aliphatic carbocycles. The number of nitrogens with zero attached hydrogens (tertiary/aromatic N) is 1. The van der Waals surface area contributed by atoms with Crippen LogP contribution >= 0.6 is 0 Å². The zero-order valence-corrected chi connectivity index (χ0v) is 13.9. The summed E-state index contributed by atoms with van der Waals surface area (Å²) in [5, 5.41) is 19.6. The van der Waals surface area contributed by atoms with Crippen molar-refractivity contribution in [3.8, 4) is 11.5 Å². The van der Waals surface area contributed by atoms with Gasteiger partial charge in [-0.3, -0.25) is 4.90 Å². The predicted molar refractivity (Wildman–Crippen MR) is 90.1 cm³/mol. The molecule has 1 aromatic carbocycles. The minimum absolute atomic E-state index is 0.0200. The van der Waals surface area contributed by atoms with Crippen LogP contribution < -0.4 is 15.1 Å². The quantitative estimate of drug-likeness (QED) is 0.674. The molecule has 0 bridgehead atoms. The molecule has 2 saturated carbocycles. The lowest BCUT2D eigenvalue weighted by molar-refractivity contribution is 0.0137. The molecule has 25 heavy (non-hydrogen) atoms. The maximum Gasteiger partial charge on any atom is 0.526 e. The van der Waals surface area contributed by atoms with E-state index in [0.717, 1.165) is 44.5 Å². The first kappa shape index (κ1) is 15.5. The van der Waals surface area contributed by atoms with Gasteiger partial charge >= 0.3 is 13.1 Å². The lowest BCUT2D eigenvalue weighted by Crippen LogP contribution is -2.57. The molecule has 3 fully saturated rings. The van der Waals surface area contributed by atoms with Crippen LogP contribution in [0.2, 0.25) is 5.82 Å². The summed E-state index contributed by atoms with van der Waals surface area (Å²) in [6, 6.07) is 3.61. The molecule has 4 aliphatic rings. The lowest BCUT2D eigenvalue weighted by atomic mass is 9.77. The van der Waals surface area contributed by atoms with Gasteiger partial charge in [0.05, 0.1) is 0 Å². The SMILES string of the molecule is NC1(CN2CC(Oc3ccc4c(c3C(=O)O)OB(O)[C@@H]3CC43)C2)CC1. The number of ether oxygens (including phenoxy) is 1. The number of aromatic carboxylic acids is 1. The number of benzene rings is 1. The fourth-order valence-corrected chi connectivity index (χ4v) is 4.07. The summed E-state index contributed by atoms with van der Waals surface area (Å²) in [4.78, 5) is 14.0. The van der Waals surface area contributed by atoms with Crippen molar-refractivity contribution in [2.45, 2.75) is 42.6 Å². The van der Waals surface area contributed by atoms with Gasteiger partial charge in [0.25, 0.3) is 0 Å². The van der Waals surface area contributed by atoms with E-state index in [4.69, 9.17) is 15.1 Å². The number of nitrogens with two attached hydrogens (primary N) is 1. The zero-order chi connectivity index (χ0) is 17.3. The highest BCUT2D eigenvalue weighted by atomic mass is 16.5. The summed E-state index contributed by atoms with van der Waals surface area (Å²) in [5.41, 5.74) is 7.00. The summed E-state index contributed by atoms with van der Waals surface area (Å²) in [6.07, 6.45) is 2.95. The number of carboxylic acids is 1. The molecule has 1 unspecified atom stereocenters. The summed E-state index contributed by atoms with van der Waals surface area (Å²) >= 11 is 0. The Balaban J connectivity index is 1.34. The highest BCUT2D eigenvalue weighted by molar-refractivity contribution is 6.48. The normalized spacial score (nSPS) is 29.1. The number of hydrogen-bond donors (Lipinski definition) is 3. The molecule has 2 atom stereocenters. The summed E-state index contributed by atoms with van der Waals surface area (Å²) in [6.45, 7) is 2.38. The van der Waals surface area contributed by atoms with Crippen molar-refractivity contribution >= 4 is 13.1 Å². The molecule has 1 saturated heterocycles. The minimum Gasteiger partial charge on any atom is -0.535 e. The number of hydrogen-bond acceptors (Lipinski definition) is 6. The fourth-order valence-electron chi connectivity index (χ4n) is 4.07. The van der Waals surface area contributed by atoms with Crippen molar-refractivity contribution in [3.63, 3.8) is 0 Å². The van der Waals surface area contributed by atoms with Gasteiger partial charge < -0.3 is 25.3 Å². The number of fused-ring (bicyclic) bond motifs is 3. The summed E-state index contributed by atoms with van der Waals surface area (Å²) in [7, 11) is -0.927. The molecule has 132 valence electrons. The smallest absolute Gasteiger partial charge is 0.526 e. The van der Waals surface area contributed by atoms with Crippen LogP contribution in [0.15, 0.2) is 12.1 Å². The Morgan fingerprint density at radius 1 is 1.44 bits per heavy atom. The Labute approximate surface area is 145 Å². The molecule has 2 heterocycles. The number of rotatable bonds is 5. The first-order valence-corrected chi connectivity index (χ1v) is 8.86. The van der Waals surface area contributed by atoms with Gasteiger partial charge in [-0.25, -0.2) is 4.79 Å². The Hall–Kier alpha value is -1.77. The first-order valence-electron chi connectivity index (χ1n) is 8.86. The molecule has 2 aliphatic heterocycles. The van der Waals surface area contributed by atoms with Crippen molar-refractivity contribution < 1.29 is 24.3 Å². The van der Waals surface area contributed by atoms with Crippen LogP contribution in [-0.4, -0.2) is 59.4 Å². The summed E-state index contributed by atoms with van der Waals surface area (Å²) in [5.74, 6) is -0.216. The summed E-state index contributed by atoms with van der Waals surface area (Å²) < 4.78 is 11.4. The van der Waals surface area contributed by atoms with E-state index in [-0.39, 0.29) is 34.7 Å². The Morgan fingerprint density at radius 3 is 2.88 bits per heavy atom. The molecule has 5 rings (SSSR count). The largest absolute Gasteiger partial charge is 0.535 e. The van der Waals surface area contributed by atoms with Gasteiger partial charge in [-0.05, 0) is 36.8 Å². The lowest BCUT2D eigenvalue weighted by Gasteiger charge is -2.40. The van der Waals surface area contributed by atoms with E-state index in [1.165, 1.54) is 0 Å². The van der Waals surface area contributed by atoms with Gasteiger partial charge in [0, 0.05) is 31.0 Å². The van der Waals surface area contributed by atoms with Crippen molar-refractivity contribution in [1.29, 1.82) is 0 Å². The van der Waals surface area contributed by atoms with Gasteiger partial charge in [-0.15, -0.1) is 0 Å². The van der Waals surface area contributed by atoms with Gasteiger partial charge in [0.1, 0.15) is 23.2 Å². The van der Waals surface area contributed by atoms with E-state index in [2.05, 4.69) is 4.90 Å². The highest BCUT2D eigenvalue weighted by Gasteiger charge is 2.54. The van der Waals surface area contributed by atoms with Crippen LogP contribution in [0.4, 0.5) is 0 Å². The Kier molecular flexibility index (Phi) is 3.17. The van der Waals surface area contributed by atoms with Crippen LogP contribution in [-0.2, 0) is 0 Å². The molecule has 1 aromatic rings. The van der Waals surface area contributed by atoms with E-state index < -0.39 is 13.1 Å². The van der Waals surface area contributed by atoms with E-state index in [1.807, 2.05) is 6.07 Å². The van der Waals surface area contributed by atoms with Crippen molar-refractivity contribution in [1.82, 2.24) is 4.90 Å². The van der Waals surface area contributed by atoms with Crippen LogP contribution in [0, 0.1) is 0 Å². The molecule has 0 radical (unpaired) electrons. The van der Waals surface area contributed by atoms with Gasteiger partial charge in [-0.2, -0.15) is 0 Å². The zero-order valence-electron chi connectivity index (χ0n) is 13.9. The topological polar surface area (TPSA) is 105 Å². The highest BCUT2D eigenvalue weighted by Crippen LogP contribution is 2.60. The van der Waals surface area contributed by atoms with E-state index in [9.17, 15) is 14.9 Å². The van der Waals surface area contributed by atoms with Crippen LogP contribution in [0.3, 0.4) is 0 Å². The number of carbonyl (C=O) groups is 1. The van der Waals surface area contributed by atoms with Crippen molar-refractivity contribution in [2.75, 3.05) is 19.6 Å². The molecule has 7 nitrogen and oxygen atoms in total. The van der Waals surface area contributed by atoms with Gasteiger partial charge in [0.15, 0.2) is 0 Å². The number of carboxylic acid groups (broad SMARTS) is 1. The third-order valence-electron chi connectivity index (χ3n) is 5.86. The van der Waals surface area contributed by atoms with Crippen LogP contribution in [0.1, 0.15) is 41.1 Å². The fraction of sp³-hybridized carbons (Fsp3) is 0.588. The molecule has 0 aromatic heterocycles. The molecular weight excluding hydrogens is 323 g/mol. The standard InChI is InChI=1S/C17H21BN2O5/c19-17(3-4-17)8-20-6-9(7-20)24-13-2-1-10-11-5-12(11)18(23)25-15(10)14(13)16(21)22/h1-2,9,11-12,23H,3-8,19H2,(H,21,22)/t11?,12-/m1/s1. The molecule has 4 N–H and O–H groups in total. The van der Waals surface area contributed by atoms with E-state index in [1.54, 1.807) is 6.07 Å². The molecule has 8 heteroatoms. The van der Waals surface area contributed by atoms with Crippen molar-refractivity contribution in [2.24, 2.45) is 5.73 Å². The van der Waals surface area contributed by atoms with Gasteiger partial charge in [0.2, 0.25) is 0 Å². The average molecular weight is 344 g/mol. The third-order valence-corrected chi connectivity index (χ3v) is 5.86. The second kappa shape index (κ2) is 5.12. The van der Waals surface area contributed by atoms with E-state index >= 15 is 0 Å². The monoisotopic (exact) mass is 344 g/mol.